The Balaban J connectivity index is 3.86. The second-order valence-corrected chi connectivity index (χ2v) is 3.66. The van der Waals surface area contributed by atoms with Crippen molar-refractivity contribution >= 4 is 23.5 Å². The topological polar surface area (TPSA) is 58.2 Å². The first-order valence-electron chi connectivity index (χ1n) is 4.33. The molecule has 0 aromatic rings. The van der Waals surface area contributed by atoms with Gasteiger partial charge in [-0.1, -0.05) is 6.08 Å². The summed E-state index contributed by atoms with van der Waals surface area (Å²) in [5.41, 5.74) is 0. The molecule has 2 N–H and O–H groups in total. The summed E-state index contributed by atoms with van der Waals surface area (Å²) in [7, 11) is 0. The lowest BCUT2D eigenvalue weighted by atomic mass is 10.2. The molecule has 0 aromatic heterocycles. The molecule has 0 aliphatic rings. The van der Waals surface area contributed by atoms with Gasteiger partial charge in [0.2, 0.25) is 5.91 Å². The Morgan fingerprint density at radius 2 is 2.07 bits per heavy atom. The van der Waals surface area contributed by atoms with Crippen LogP contribution in [-0.2, 0) is 4.79 Å². The van der Waals surface area contributed by atoms with Crippen LogP contribution in [0.2, 0.25) is 0 Å². The van der Waals surface area contributed by atoms with E-state index in [4.69, 9.17) is 11.6 Å². The van der Waals surface area contributed by atoms with Gasteiger partial charge in [-0.2, -0.15) is 0 Å². The van der Waals surface area contributed by atoms with Crippen molar-refractivity contribution in [3.63, 3.8) is 0 Å². The fraction of sp³-hybridized carbons (Fsp3) is 0.556. The van der Waals surface area contributed by atoms with Crippen molar-refractivity contribution in [1.29, 1.82) is 0 Å². The Morgan fingerprint density at radius 1 is 1.50 bits per heavy atom. The average molecular weight is 219 g/mol. The van der Waals surface area contributed by atoms with E-state index >= 15 is 0 Å². The van der Waals surface area contributed by atoms with E-state index in [0.29, 0.717) is 6.42 Å². The maximum atomic E-state index is 11.1. The molecule has 0 aromatic carbocycles. The summed E-state index contributed by atoms with van der Waals surface area (Å²) >= 11 is 5.46. The molecule has 0 spiro atoms. The third-order valence-corrected chi connectivity index (χ3v) is 1.69. The standard InChI is InChI=1S/C9H15ClN2O2/c1-4-5-6(2)11-9(14)12-8(13)7(3)10/h4,6-7H,1,5H2,2-3H3,(H2,11,12,13,14). The van der Waals surface area contributed by atoms with Crippen LogP contribution in [0.25, 0.3) is 0 Å². The van der Waals surface area contributed by atoms with Crippen molar-refractivity contribution in [3.8, 4) is 0 Å². The summed E-state index contributed by atoms with van der Waals surface area (Å²) < 4.78 is 0. The molecule has 0 aliphatic carbocycles. The SMILES string of the molecule is C=CCC(C)NC(=O)NC(=O)C(C)Cl. The minimum atomic E-state index is -0.713. The van der Waals surface area contributed by atoms with E-state index in [1.807, 2.05) is 6.92 Å². The molecule has 2 unspecified atom stereocenters. The van der Waals surface area contributed by atoms with Gasteiger partial charge in [-0.15, -0.1) is 18.2 Å². The second-order valence-electron chi connectivity index (χ2n) is 3.00. The Hall–Kier alpha value is -1.03. The van der Waals surface area contributed by atoms with E-state index in [-0.39, 0.29) is 6.04 Å². The molecule has 14 heavy (non-hydrogen) atoms. The lowest BCUT2D eigenvalue weighted by molar-refractivity contribution is -0.119. The predicted octanol–water partition coefficient (Wildman–Crippen LogP) is 1.40. The highest BCUT2D eigenvalue weighted by atomic mass is 35.5. The average Bonchev–Trinajstić information content (AvgIpc) is 2.03. The Kier molecular flexibility index (Phi) is 5.95. The predicted molar refractivity (Wildman–Crippen MR) is 56.3 cm³/mol. The van der Waals surface area contributed by atoms with Crippen LogP contribution < -0.4 is 10.6 Å². The molecule has 0 saturated carbocycles. The van der Waals surface area contributed by atoms with Crippen molar-refractivity contribution in [1.82, 2.24) is 10.6 Å². The molecule has 3 amide bonds. The number of alkyl halides is 1. The van der Waals surface area contributed by atoms with Crippen molar-refractivity contribution in [2.75, 3.05) is 0 Å². The number of amides is 3. The number of hydrogen-bond donors (Lipinski definition) is 2. The Bertz CT molecular complexity index is 229. The highest BCUT2D eigenvalue weighted by Gasteiger charge is 2.13. The lowest BCUT2D eigenvalue weighted by Gasteiger charge is -2.12. The van der Waals surface area contributed by atoms with Crippen LogP contribution in [0.3, 0.4) is 0 Å². The molecule has 0 heterocycles. The van der Waals surface area contributed by atoms with E-state index in [0.717, 1.165) is 0 Å². The molecule has 2 atom stereocenters. The minimum absolute atomic E-state index is 0.0501. The molecule has 4 nitrogen and oxygen atoms in total. The van der Waals surface area contributed by atoms with Gasteiger partial charge in [-0.25, -0.2) is 4.79 Å². The van der Waals surface area contributed by atoms with Crippen LogP contribution in [0.1, 0.15) is 20.3 Å². The van der Waals surface area contributed by atoms with Crippen LogP contribution in [0.4, 0.5) is 4.79 Å². The van der Waals surface area contributed by atoms with Crippen molar-refractivity contribution in [2.24, 2.45) is 0 Å². The maximum Gasteiger partial charge on any atom is 0.321 e. The minimum Gasteiger partial charge on any atom is -0.335 e. The lowest BCUT2D eigenvalue weighted by Crippen LogP contribution is -2.45. The number of halogens is 1. The van der Waals surface area contributed by atoms with Crippen LogP contribution in [0, 0.1) is 0 Å². The van der Waals surface area contributed by atoms with Gasteiger partial charge in [-0.3, -0.25) is 10.1 Å². The van der Waals surface area contributed by atoms with Crippen LogP contribution >= 0.6 is 11.6 Å². The van der Waals surface area contributed by atoms with Gasteiger partial charge in [0.05, 0.1) is 0 Å². The van der Waals surface area contributed by atoms with Gasteiger partial charge in [0.1, 0.15) is 5.38 Å². The quantitative estimate of drug-likeness (QED) is 0.554. The molecular weight excluding hydrogens is 204 g/mol. The molecule has 0 rings (SSSR count). The molecular formula is C9H15ClN2O2. The maximum absolute atomic E-state index is 11.1. The molecule has 5 heteroatoms. The number of carbonyl (C=O) groups excluding carboxylic acids is 2. The summed E-state index contributed by atoms with van der Waals surface area (Å²) in [6.07, 6.45) is 2.34. The van der Waals surface area contributed by atoms with Gasteiger partial charge >= 0.3 is 6.03 Å². The van der Waals surface area contributed by atoms with Crippen molar-refractivity contribution in [3.05, 3.63) is 12.7 Å². The fourth-order valence-electron chi connectivity index (χ4n) is 0.780. The van der Waals surface area contributed by atoms with E-state index in [2.05, 4.69) is 17.2 Å². The number of carbonyl (C=O) groups is 2. The molecule has 80 valence electrons. The van der Waals surface area contributed by atoms with Gasteiger partial charge in [0, 0.05) is 6.04 Å². The second kappa shape index (κ2) is 6.43. The first kappa shape index (κ1) is 13.0. The van der Waals surface area contributed by atoms with Gasteiger partial charge in [0.15, 0.2) is 0 Å². The molecule has 0 bridgehead atoms. The summed E-state index contributed by atoms with van der Waals surface area (Å²) in [5, 5.41) is 3.97. The van der Waals surface area contributed by atoms with Crippen LogP contribution in [-0.4, -0.2) is 23.4 Å². The normalized spacial score (nSPS) is 13.9. The zero-order valence-electron chi connectivity index (χ0n) is 8.34. The van der Waals surface area contributed by atoms with Crippen molar-refractivity contribution in [2.45, 2.75) is 31.7 Å². The van der Waals surface area contributed by atoms with Crippen LogP contribution in [0.15, 0.2) is 12.7 Å². The highest BCUT2D eigenvalue weighted by Crippen LogP contribution is 1.93. The summed E-state index contributed by atoms with van der Waals surface area (Å²) in [6, 6.07) is -0.581. The summed E-state index contributed by atoms with van der Waals surface area (Å²) in [6.45, 7) is 6.85. The summed E-state index contributed by atoms with van der Waals surface area (Å²) in [4.78, 5) is 22.1. The van der Waals surface area contributed by atoms with Gasteiger partial charge in [-0.05, 0) is 20.3 Å². The summed E-state index contributed by atoms with van der Waals surface area (Å²) in [5.74, 6) is -0.505. The number of urea groups is 1. The zero-order valence-corrected chi connectivity index (χ0v) is 9.10. The third kappa shape index (κ3) is 5.59. The zero-order chi connectivity index (χ0) is 11.1. The fourth-order valence-corrected chi connectivity index (χ4v) is 0.835. The molecule has 0 aliphatic heterocycles. The number of hydrogen-bond acceptors (Lipinski definition) is 2. The van der Waals surface area contributed by atoms with E-state index in [1.165, 1.54) is 6.92 Å². The van der Waals surface area contributed by atoms with Crippen molar-refractivity contribution < 1.29 is 9.59 Å². The molecule has 0 saturated heterocycles. The Labute approximate surface area is 88.7 Å². The van der Waals surface area contributed by atoms with E-state index in [9.17, 15) is 9.59 Å². The van der Waals surface area contributed by atoms with Gasteiger partial charge < -0.3 is 5.32 Å². The first-order valence-corrected chi connectivity index (χ1v) is 4.77. The Morgan fingerprint density at radius 3 is 2.50 bits per heavy atom. The number of rotatable bonds is 4. The monoisotopic (exact) mass is 218 g/mol. The third-order valence-electron chi connectivity index (χ3n) is 1.50. The molecule has 0 fully saturated rings. The largest absolute Gasteiger partial charge is 0.335 e. The van der Waals surface area contributed by atoms with Crippen LogP contribution in [0.5, 0.6) is 0 Å². The smallest absolute Gasteiger partial charge is 0.321 e. The first-order chi connectivity index (χ1) is 6.47. The van der Waals surface area contributed by atoms with Gasteiger partial charge in [0.25, 0.3) is 0 Å². The van der Waals surface area contributed by atoms with E-state index in [1.54, 1.807) is 6.08 Å². The highest BCUT2D eigenvalue weighted by molar-refractivity contribution is 6.31. The molecule has 0 radical (unpaired) electrons. The van der Waals surface area contributed by atoms with E-state index < -0.39 is 17.3 Å². The number of nitrogens with one attached hydrogen (secondary N) is 2. The number of imide groups is 1.